The molecule has 29 heavy (non-hydrogen) atoms. The fourth-order valence-electron chi connectivity index (χ4n) is 3.11. The van der Waals surface area contributed by atoms with Crippen molar-refractivity contribution in [3.8, 4) is 0 Å². The van der Waals surface area contributed by atoms with E-state index in [4.69, 9.17) is 17.3 Å². The Morgan fingerprint density at radius 3 is 2.83 bits per heavy atom. The van der Waals surface area contributed by atoms with E-state index in [1.165, 1.54) is 35.9 Å². The molecule has 0 spiro atoms. The highest BCUT2D eigenvalue weighted by molar-refractivity contribution is 8.02. The molecule has 2 aromatic heterocycles. The largest absolute Gasteiger partial charge is 0.404 e. The first kappa shape index (κ1) is 20.0. The van der Waals surface area contributed by atoms with Gasteiger partial charge in [0.1, 0.15) is 5.65 Å². The lowest BCUT2D eigenvalue weighted by Crippen LogP contribution is -2.09. The van der Waals surface area contributed by atoms with Crippen LogP contribution >= 0.6 is 23.5 Å². The number of nitrogens with zero attached hydrogens (tertiary/aromatic N) is 3. The van der Waals surface area contributed by atoms with Crippen LogP contribution in [0.2, 0.25) is 5.02 Å². The van der Waals surface area contributed by atoms with Gasteiger partial charge in [-0.15, -0.1) is 0 Å². The maximum atomic E-state index is 5.91. The third kappa shape index (κ3) is 5.63. The van der Waals surface area contributed by atoms with Crippen LogP contribution in [-0.2, 0) is 13.0 Å². The standard InChI is InChI=1S/C22H24ClN5S/c23-19-6-1-16(2-7-19)9-10-26-29-21(11-24)13-25-12-20-15-28-14-18(17-3-4-17)5-8-22(28)27-20/h1-2,5-8,11,13-15,17,26H,3-4,9-10,12,24H2. The summed E-state index contributed by atoms with van der Waals surface area (Å²) in [6.07, 6.45) is 11.1. The predicted octanol–water partition coefficient (Wildman–Crippen LogP) is 4.72. The summed E-state index contributed by atoms with van der Waals surface area (Å²) in [7, 11) is 0. The van der Waals surface area contributed by atoms with Crippen LogP contribution in [-0.4, -0.2) is 22.1 Å². The van der Waals surface area contributed by atoms with E-state index in [1.54, 1.807) is 12.4 Å². The van der Waals surface area contributed by atoms with Gasteiger partial charge in [-0.2, -0.15) is 0 Å². The van der Waals surface area contributed by atoms with Crippen molar-refractivity contribution >= 4 is 35.4 Å². The molecule has 7 heteroatoms. The number of rotatable bonds is 9. The Bertz CT molecular complexity index is 1020. The lowest BCUT2D eigenvalue weighted by Gasteiger charge is -2.04. The molecule has 0 bridgehead atoms. The first-order chi connectivity index (χ1) is 14.2. The second kappa shape index (κ2) is 9.48. The van der Waals surface area contributed by atoms with Gasteiger partial charge in [0.25, 0.3) is 0 Å². The van der Waals surface area contributed by atoms with E-state index in [0.717, 1.165) is 40.2 Å². The molecule has 4 rings (SSSR count). The van der Waals surface area contributed by atoms with Gasteiger partial charge in [0.05, 0.1) is 17.1 Å². The van der Waals surface area contributed by atoms with Crippen LogP contribution in [0.25, 0.3) is 5.65 Å². The second-order valence-corrected chi connectivity index (χ2v) is 8.55. The highest BCUT2D eigenvalue weighted by atomic mass is 35.5. The Morgan fingerprint density at radius 1 is 1.24 bits per heavy atom. The summed E-state index contributed by atoms with van der Waals surface area (Å²) < 4.78 is 5.42. The zero-order valence-corrected chi connectivity index (χ0v) is 17.7. The van der Waals surface area contributed by atoms with Crippen molar-refractivity contribution in [2.75, 3.05) is 6.54 Å². The number of aliphatic imine (C=N–C) groups is 1. The third-order valence-electron chi connectivity index (χ3n) is 4.83. The van der Waals surface area contributed by atoms with Crippen molar-refractivity contribution in [2.24, 2.45) is 10.7 Å². The molecule has 1 fully saturated rings. The number of aromatic nitrogens is 2. The monoisotopic (exact) mass is 425 g/mol. The van der Waals surface area contributed by atoms with Crippen LogP contribution in [0, 0.1) is 0 Å². The van der Waals surface area contributed by atoms with E-state index < -0.39 is 0 Å². The van der Waals surface area contributed by atoms with Crippen LogP contribution in [0.4, 0.5) is 0 Å². The van der Waals surface area contributed by atoms with E-state index in [1.807, 2.05) is 24.3 Å². The van der Waals surface area contributed by atoms with Crippen molar-refractivity contribution in [1.29, 1.82) is 0 Å². The fourth-order valence-corrected chi connectivity index (χ4v) is 3.80. The van der Waals surface area contributed by atoms with Gasteiger partial charge < -0.3 is 10.1 Å². The van der Waals surface area contributed by atoms with E-state index in [-0.39, 0.29) is 0 Å². The minimum absolute atomic E-state index is 0.531. The summed E-state index contributed by atoms with van der Waals surface area (Å²) in [4.78, 5) is 10.0. The van der Waals surface area contributed by atoms with Crippen molar-refractivity contribution in [2.45, 2.75) is 31.7 Å². The minimum atomic E-state index is 0.531. The van der Waals surface area contributed by atoms with Crippen LogP contribution in [0.3, 0.4) is 0 Å². The molecule has 150 valence electrons. The molecule has 2 heterocycles. The highest BCUT2D eigenvalue weighted by Gasteiger charge is 2.23. The molecule has 1 saturated carbocycles. The maximum Gasteiger partial charge on any atom is 0.137 e. The number of nitrogens with two attached hydrogens (primary N) is 1. The van der Waals surface area contributed by atoms with Crippen LogP contribution < -0.4 is 10.5 Å². The third-order valence-corrected chi connectivity index (χ3v) is 5.91. The average Bonchev–Trinajstić information content (AvgIpc) is 3.50. The molecular weight excluding hydrogens is 402 g/mol. The highest BCUT2D eigenvalue weighted by Crippen LogP contribution is 2.39. The molecule has 3 aromatic rings. The van der Waals surface area contributed by atoms with Gasteiger partial charge in [-0.25, -0.2) is 4.98 Å². The van der Waals surface area contributed by atoms with Gasteiger partial charge in [0, 0.05) is 36.4 Å². The lowest BCUT2D eigenvalue weighted by atomic mass is 10.2. The van der Waals surface area contributed by atoms with Crippen molar-refractivity contribution in [3.05, 3.63) is 81.7 Å². The second-order valence-electron chi connectivity index (χ2n) is 7.15. The molecule has 3 N–H and O–H groups in total. The Labute approximate surface area is 180 Å². The quantitative estimate of drug-likeness (QED) is 0.296. The van der Waals surface area contributed by atoms with Crippen molar-refractivity contribution < 1.29 is 0 Å². The summed E-state index contributed by atoms with van der Waals surface area (Å²) >= 11 is 7.39. The number of hydrogen-bond acceptors (Lipinski definition) is 5. The number of hydrogen-bond donors (Lipinski definition) is 2. The van der Waals surface area contributed by atoms with E-state index >= 15 is 0 Å². The van der Waals surface area contributed by atoms with Gasteiger partial charge >= 0.3 is 0 Å². The zero-order chi connectivity index (χ0) is 20.1. The van der Waals surface area contributed by atoms with Gasteiger partial charge in [0.15, 0.2) is 0 Å². The number of nitrogens with one attached hydrogen (secondary N) is 1. The summed E-state index contributed by atoms with van der Waals surface area (Å²) in [5, 5.41) is 0.759. The Morgan fingerprint density at radius 2 is 2.07 bits per heavy atom. The number of imidazole rings is 1. The van der Waals surface area contributed by atoms with Crippen LogP contribution in [0.1, 0.15) is 35.6 Å². The topological polar surface area (TPSA) is 67.7 Å². The number of fused-ring (bicyclic) bond motifs is 1. The molecule has 0 saturated heterocycles. The molecule has 1 aliphatic rings. The minimum Gasteiger partial charge on any atom is -0.404 e. The molecule has 0 amide bonds. The van der Waals surface area contributed by atoms with Crippen molar-refractivity contribution in [1.82, 2.24) is 14.1 Å². The summed E-state index contributed by atoms with van der Waals surface area (Å²) in [5.74, 6) is 0.740. The summed E-state index contributed by atoms with van der Waals surface area (Å²) in [5.41, 5.74) is 10.3. The first-order valence-electron chi connectivity index (χ1n) is 9.74. The van der Waals surface area contributed by atoms with Crippen molar-refractivity contribution in [3.63, 3.8) is 0 Å². The van der Waals surface area contributed by atoms with E-state index in [0.29, 0.717) is 6.54 Å². The molecule has 0 unspecified atom stereocenters. The molecule has 0 aliphatic heterocycles. The number of allylic oxidation sites excluding steroid dienone is 1. The maximum absolute atomic E-state index is 5.91. The summed E-state index contributed by atoms with van der Waals surface area (Å²) in [6.45, 7) is 1.36. The van der Waals surface area contributed by atoms with Gasteiger partial charge in [-0.1, -0.05) is 29.8 Å². The van der Waals surface area contributed by atoms with E-state index in [9.17, 15) is 0 Å². The number of halogens is 1. The average molecular weight is 426 g/mol. The lowest BCUT2D eigenvalue weighted by molar-refractivity contribution is 0.910. The van der Waals surface area contributed by atoms with Crippen LogP contribution in [0.15, 0.2) is 64.9 Å². The molecule has 0 atom stereocenters. The Hall–Kier alpha value is -2.28. The van der Waals surface area contributed by atoms with Crippen LogP contribution in [0.5, 0.6) is 0 Å². The Kier molecular flexibility index (Phi) is 6.54. The number of benzene rings is 1. The van der Waals surface area contributed by atoms with Gasteiger partial charge in [-0.05, 0) is 66.5 Å². The predicted molar refractivity (Wildman–Crippen MR) is 122 cm³/mol. The molecular formula is C22H24ClN5S. The number of pyridine rings is 1. The van der Waals surface area contributed by atoms with E-state index in [2.05, 4.69) is 43.6 Å². The molecule has 1 aromatic carbocycles. The molecule has 1 aliphatic carbocycles. The van der Waals surface area contributed by atoms with Gasteiger partial charge in [0.2, 0.25) is 0 Å². The zero-order valence-electron chi connectivity index (χ0n) is 16.1. The van der Waals surface area contributed by atoms with Gasteiger partial charge in [-0.3, -0.25) is 9.71 Å². The smallest absolute Gasteiger partial charge is 0.137 e. The normalized spacial score (nSPS) is 14.9. The fraction of sp³-hybridized carbons (Fsp3) is 0.273. The molecule has 0 radical (unpaired) electrons. The first-order valence-corrected chi connectivity index (χ1v) is 10.9. The summed E-state index contributed by atoms with van der Waals surface area (Å²) in [6, 6.07) is 12.2. The SMILES string of the molecule is NC=C(C=NCc1cn2cc(C3CC3)ccc2n1)SNCCc1ccc(Cl)cc1. The Balaban J connectivity index is 1.25. The molecule has 5 nitrogen and oxygen atoms in total.